The topological polar surface area (TPSA) is 91.6 Å². The van der Waals surface area contributed by atoms with E-state index in [1.165, 1.54) is 38.7 Å². The Bertz CT molecular complexity index is 1170. The van der Waals surface area contributed by atoms with Crippen molar-refractivity contribution in [1.82, 2.24) is 4.98 Å². The number of halogens is 1. The summed E-state index contributed by atoms with van der Waals surface area (Å²) in [6.07, 6.45) is 2.52. The van der Waals surface area contributed by atoms with Crippen molar-refractivity contribution in [1.29, 1.82) is 0 Å². The second-order valence-electron chi connectivity index (χ2n) is 6.18. The van der Waals surface area contributed by atoms with E-state index >= 15 is 0 Å². The minimum atomic E-state index is -0.613. The van der Waals surface area contributed by atoms with E-state index in [1.54, 1.807) is 41.8 Å². The van der Waals surface area contributed by atoms with Gasteiger partial charge in [0.2, 0.25) is 0 Å². The molecule has 0 amide bonds. The molecule has 0 atom stereocenters. The first kappa shape index (κ1) is 21.8. The Morgan fingerprint density at radius 1 is 1.16 bits per heavy atom. The highest BCUT2D eigenvalue weighted by Crippen LogP contribution is 2.31. The maximum Gasteiger partial charge on any atom is 0.341 e. The molecule has 0 saturated carbocycles. The van der Waals surface area contributed by atoms with Crippen LogP contribution >= 0.6 is 11.3 Å². The molecule has 1 heterocycles. The lowest BCUT2D eigenvalue weighted by atomic mass is 10.00. The fraction of sp³-hybridized carbons (Fsp3) is 0.0909. The monoisotopic (exact) mass is 440 g/mol. The normalized spacial score (nSPS) is 11.8. The van der Waals surface area contributed by atoms with E-state index in [0.29, 0.717) is 22.4 Å². The highest BCUT2D eigenvalue weighted by Gasteiger charge is 2.17. The first-order chi connectivity index (χ1) is 14.9. The number of carbonyl (C=O) groups excluding carboxylic acids is 1. The first-order valence-electron chi connectivity index (χ1n) is 8.93. The molecule has 0 aliphatic carbocycles. The molecule has 0 aliphatic heterocycles. The number of thiazole rings is 1. The molecule has 3 rings (SSSR count). The number of benzene rings is 2. The second kappa shape index (κ2) is 9.77. The quantitative estimate of drug-likeness (QED) is 0.162. The third-order valence-electron chi connectivity index (χ3n) is 4.26. The van der Waals surface area contributed by atoms with Crippen LogP contribution in [0.15, 0.2) is 60.2 Å². The van der Waals surface area contributed by atoms with Gasteiger partial charge in [-0.3, -0.25) is 10.1 Å². The Balaban J connectivity index is 1.94. The van der Waals surface area contributed by atoms with Crippen molar-refractivity contribution < 1.29 is 23.6 Å². The van der Waals surface area contributed by atoms with E-state index in [0.717, 1.165) is 11.3 Å². The summed E-state index contributed by atoms with van der Waals surface area (Å²) < 4.78 is 24.7. The number of nitro groups is 1. The number of nitrogens with zero attached hydrogens (tertiary/aromatic N) is 2. The molecule has 0 aliphatic rings. The summed E-state index contributed by atoms with van der Waals surface area (Å²) in [4.78, 5) is 26.7. The van der Waals surface area contributed by atoms with Gasteiger partial charge in [-0.15, -0.1) is 11.3 Å². The maximum absolute atomic E-state index is 15.0. The maximum atomic E-state index is 15.0. The molecule has 1 aromatic heterocycles. The summed E-state index contributed by atoms with van der Waals surface area (Å²) in [5.41, 5.74) is 2.14. The van der Waals surface area contributed by atoms with Gasteiger partial charge < -0.3 is 9.47 Å². The Morgan fingerprint density at radius 3 is 2.52 bits per heavy atom. The molecule has 0 fully saturated rings. The first-order valence-corrected chi connectivity index (χ1v) is 9.81. The number of non-ortho nitro benzene ring substituents is 1. The van der Waals surface area contributed by atoms with Crippen LogP contribution in [0.1, 0.15) is 16.1 Å². The van der Waals surface area contributed by atoms with E-state index in [2.05, 4.69) is 4.98 Å². The number of ether oxygens (including phenoxy) is 2. The smallest absolute Gasteiger partial charge is 0.341 e. The molecule has 0 bridgehead atoms. The molecule has 158 valence electrons. The molecule has 2 aromatic carbocycles. The zero-order valence-corrected chi connectivity index (χ0v) is 17.4. The van der Waals surface area contributed by atoms with Crippen LogP contribution in [0.25, 0.3) is 28.7 Å². The second-order valence-corrected chi connectivity index (χ2v) is 7.04. The predicted octanol–water partition coefficient (Wildman–Crippen LogP) is 5.35. The summed E-state index contributed by atoms with van der Waals surface area (Å²) in [7, 11) is 2.65. The van der Waals surface area contributed by atoms with Crippen LogP contribution in [0.5, 0.6) is 0 Å². The third-order valence-corrected chi connectivity index (χ3v) is 5.11. The predicted molar refractivity (Wildman–Crippen MR) is 117 cm³/mol. The molecule has 0 saturated heterocycles. The molecule has 0 spiro atoms. The molecule has 7 nitrogen and oxygen atoms in total. The van der Waals surface area contributed by atoms with Crippen LogP contribution in [-0.2, 0) is 14.3 Å². The minimum absolute atomic E-state index is 0.0348. The number of carbonyl (C=O) groups is 1. The van der Waals surface area contributed by atoms with E-state index in [4.69, 9.17) is 9.47 Å². The summed E-state index contributed by atoms with van der Waals surface area (Å²) >= 11 is 1.10. The number of hydrogen-bond acceptors (Lipinski definition) is 7. The fourth-order valence-electron chi connectivity index (χ4n) is 2.79. The molecule has 0 unspecified atom stereocenters. The van der Waals surface area contributed by atoms with E-state index in [9.17, 15) is 19.3 Å². The van der Waals surface area contributed by atoms with Crippen LogP contribution in [0.2, 0.25) is 0 Å². The molecular weight excluding hydrogens is 423 g/mol. The van der Waals surface area contributed by atoms with Crippen molar-refractivity contribution in [2.45, 2.75) is 0 Å². The van der Waals surface area contributed by atoms with Crippen LogP contribution < -0.4 is 0 Å². The standard InChI is InChI=1S/C22H17FN2O5S/c1-29-12-18(22(26)30-2)17-6-4-3-5-15(17)11-19(23)21-24-20(13-31-21)14-7-9-16(10-8-14)25(27)28/h3-13H,1-2H3. The number of hydrogen-bond donors (Lipinski definition) is 0. The lowest BCUT2D eigenvalue weighted by molar-refractivity contribution is -0.384. The number of methoxy groups -OCH3 is 2. The lowest BCUT2D eigenvalue weighted by Gasteiger charge is -2.09. The van der Waals surface area contributed by atoms with E-state index < -0.39 is 16.7 Å². The highest BCUT2D eigenvalue weighted by molar-refractivity contribution is 7.11. The zero-order chi connectivity index (χ0) is 22.4. The third kappa shape index (κ3) is 5.01. The Morgan fingerprint density at radius 2 is 1.87 bits per heavy atom. The van der Waals surface area contributed by atoms with Gasteiger partial charge in [0.1, 0.15) is 5.57 Å². The van der Waals surface area contributed by atoms with Gasteiger partial charge in [-0.2, -0.15) is 0 Å². The summed E-state index contributed by atoms with van der Waals surface area (Å²) in [6.45, 7) is 0. The average molecular weight is 440 g/mol. The number of esters is 1. The van der Waals surface area contributed by atoms with Gasteiger partial charge in [-0.25, -0.2) is 14.2 Å². The lowest BCUT2D eigenvalue weighted by Crippen LogP contribution is -2.05. The fourth-order valence-corrected chi connectivity index (χ4v) is 3.52. The Hall–Kier alpha value is -3.85. The molecule has 31 heavy (non-hydrogen) atoms. The zero-order valence-electron chi connectivity index (χ0n) is 16.6. The molecule has 9 heteroatoms. The van der Waals surface area contributed by atoms with Crippen molar-refractivity contribution in [2.75, 3.05) is 14.2 Å². The Labute approximate surface area is 181 Å². The minimum Gasteiger partial charge on any atom is -0.503 e. The van der Waals surface area contributed by atoms with Gasteiger partial charge in [0.05, 0.1) is 31.1 Å². The summed E-state index contributed by atoms with van der Waals surface area (Å²) in [5, 5.41) is 12.6. The van der Waals surface area contributed by atoms with Gasteiger partial charge in [-0.05, 0) is 29.3 Å². The van der Waals surface area contributed by atoms with Crippen molar-refractivity contribution >= 4 is 40.5 Å². The molecule has 0 N–H and O–H groups in total. The van der Waals surface area contributed by atoms with Crippen molar-refractivity contribution in [3.8, 4) is 11.3 Å². The number of aromatic nitrogens is 1. The highest BCUT2D eigenvalue weighted by atomic mass is 32.1. The van der Waals surface area contributed by atoms with Gasteiger partial charge in [0.15, 0.2) is 10.8 Å². The largest absolute Gasteiger partial charge is 0.503 e. The number of nitro benzene ring substituents is 1. The number of rotatable bonds is 7. The van der Waals surface area contributed by atoms with E-state index in [1.807, 2.05) is 0 Å². The van der Waals surface area contributed by atoms with Crippen molar-refractivity contribution in [2.24, 2.45) is 0 Å². The summed E-state index contributed by atoms with van der Waals surface area (Å²) in [5.74, 6) is -1.20. The van der Waals surface area contributed by atoms with Gasteiger partial charge in [0.25, 0.3) is 5.69 Å². The summed E-state index contributed by atoms with van der Waals surface area (Å²) in [6, 6.07) is 12.6. The van der Waals surface area contributed by atoms with Crippen LogP contribution in [0, 0.1) is 10.1 Å². The van der Waals surface area contributed by atoms with Gasteiger partial charge >= 0.3 is 5.97 Å². The van der Waals surface area contributed by atoms with Crippen molar-refractivity contribution in [3.05, 3.63) is 86.4 Å². The van der Waals surface area contributed by atoms with E-state index in [-0.39, 0.29) is 16.3 Å². The SMILES string of the molecule is COC=C(C(=O)OC)c1ccccc1C=C(F)c1nc(-c2ccc([N+](=O)[O-])cc2)cs1. The molecule has 3 aromatic rings. The van der Waals surface area contributed by atoms with Crippen LogP contribution in [0.3, 0.4) is 0 Å². The van der Waals surface area contributed by atoms with Crippen LogP contribution in [-0.4, -0.2) is 30.1 Å². The van der Waals surface area contributed by atoms with Gasteiger partial charge in [0, 0.05) is 23.1 Å². The molecule has 0 radical (unpaired) electrons. The van der Waals surface area contributed by atoms with Crippen LogP contribution in [0.4, 0.5) is 10.1 Å². The molecular formula is C22H17FN2O5S. The average Bonchev–Trinajstić information content (AvgIpc) is 3.28. The van der Waals surface area contributed by atoms with Gasteiger partial charge in [-0.1, -0.05) is 24.3 Å². The Kier molecular flexibility index (Phi) is 6.88. The van der Waals surface area contributed by atoms with Crippen molar-refractivity contribution in [3.63, 3.8) is 0 Å².